The van der Waals surface area contributed by atoms with Crippen LogP contribution in [0, 0.1) is 0 Å². The maximum Gasteiger partial charge on any atom is 0.119 e. The topological polar surface area (TPSA) is 52.9 Å². The van der Waals surface area contributed by atoms with E-state index in [9.17, 15) is 5.11 Å². The van der Waals surface area contributed by atoms with Crippen molar-refractivity contribution >= 4 is 21.8 Å². The summed E-state index contributed by atoms with van der Waals surface area (Å²) in [5.41, 5.74) is 0.984. The number of ether oxygens (including phenoxy) is 3. The van der Waals surface area contributed by atoms with E-state index < -0.39 is 5.60 Å². The van der Waals surface area contributed by atoms with Gasteiger partial charge in [-0.3, -0.25) is 0 Å². The number of hydrogen-bond acceptors (Lipinski definition) is 4. The van der Waals surface area contributed by atoms with Crippen molar-refractivity contribution in [1.29, 1.82) is 0 Å². The van der Waals surface area contributed by atoms with Gasteiger partial charge in [-0.05, 0) is 55.5 Å². The zero-order valence-corrected chi connectivity index (χ0v) is 16.9. The minimum Gasteiger partial charge on any atom is -0.497 e. The van der Waals surface area contributed by atoms with Crippen LogP contribution in [0.15, 0.2) is 66.7 Å². The van der Waals surface area contributed by atoms with E-state index in [1.807, 2.05) is 66.7 Å². The monoisotopic (exact) mass is 391 g/mol. The van der Waals surface area contributed by atoms with Crippen LogP contribution in [0.1, 0.15) is 6.92 Å². The van der Waals surface area contributed by atoms with Crippen LogP contribution in [0.2, 0.25) is 0 Å². The van der Waals surface area contributed by atoms with Crippen LogP contribution in [0.25, 0.3) is 21.8 Å². The first kappa shape index (κ1) is 19.2. The third-order valence-corrected chi connectivity index (χ3v) is 5.07. The van der Waals surface area contributed by atoms with Gasteiger partial charge in [0.05, 0.1) is 20.8 Å². The van der Waals surface area contributed by atoms with E-state index in [0.29, 0.717) is 6.54 Å². The predicted octanol–water partition coefficient (Wildman–Crippen LogP) is 4.64. The van der Waals surface area contributed by atoms with Crippen molar-refractivity contribution in [2.24, 2.45) is 0 Å². The standard InChI is InChI=1S/C24H25NO4/c1-24(26,16-29-17-7-5-4-6-8-17)15-25-22-11-9-18(27-2)13-20(22)21-14-19(28-3)10-12-23(21)25/h4-14,26H,15-16H2,1-3H3. The molecule has 0 saturated carbocycles. The first-order chi connectivity index (χ1) is 14.0. The molecule has 0 saturated heterocycles. The van der Waals surface area contributed by atoms with Gasteiger partial charge in [-0.25, -0.2) is 0 Å². The highest BCUT2D eigenvalue weighted by Crippen LogP contribution is 2.35. The van der Waals surface area contributed by atoms with Gasteiger partial charge in [0.15, 0.2) is 0 Å². The Labute approximate surface area is 170 Å². The molecule has 1 aromatic heterocycles. The summed E-state index contributed by atoms with van der Waals surface area (Å²) >= 11 is 0. The fourth-order valence-corrected chi connectivity index (χ4v) is 3.63. The second kappa shape index (κ2) is 7.68. The highest BCUT2D eigenvalue weighted by molar-refractivity contribution is 6.09. The van der Waals surface area contributed by atoms with Gasteiger partial charge in [0, 0.05) is 21.8 Å². The van der Waals surface area contributed by atoms with E-state index in [1.54, 1.807) is 21.1 Å². The number of hydrogen-bond donors (Lipinski definition) is 1. The molecule has 1 unspecified atom stereocenters. The summed E-state index contributed by atoms with van der Waals surface area (Å²) in [7, 11) is 3.32. The first-order valence-corrected chi connectivity index (χ1v) is 9.55. The minimum absolute atomic E-state index is 0.185. The molecule has 4 rings (SSSR count). The molecule has 5 heteroatoms. The lowest BCUT2D eigenvalue weighted by Crippen LogP contribution is -2.37. The molecule has 0 aliphatic carbocycles. The molecule has 5 nitrogen and oxygen atoms in total. The molecule has 1 atom stereocenters. The lowest BCUT2D eigenvalue weighted by Gasteiger charge is -2.25. The number of nitrogens with zero attached hydrogens (tertiary/aromatic N) is 1. The van der Waals surface area contributed by atoms with E-state index in [-0.39, 0.29) is 6.61 Å². The van der Waals surface area contributed by atoms with Gasteiger partial charge in [-0.15, -0.1) is 0 Å². The number of para-hydroxylation sites is 1. The third kappa shape index (κ3) is 3.87. The molecule has 150 valence electrons. The molecule has 0 bridgehead atoms. The van der Waals surface area contributed by atoms with Crippen LogP contribution < -0.4 is 14.2 Å². The maximum atomic E-state index is 11.1. The van der Waals surface area contributed by atoms with E-state index in [2.05, 4.69) is 4.57 Å². The molecule has 0 fully saturated rings. The summed E-state index contributed by atoms with van der Waals surface area (Å²) in [4.78, 5) is 0. The Bertz CT molecular complexity index is 1070. The molecule has 1 heterocycles. The van der Waals surface area contributed by atoms with Crippen LogP contribution in [-0.4, -0.2) is 36.1 Å². The smallest absolute Gasteiger partial charge is 0.119 e. The highest BCUT2D eigenvalue weighted by Gasteiger charge is 2.25. The fraction of sp³-hybridized carbons (Fsp3) is 0.250. The maximum absolute atomic E-state index is 11.1. The lowest BCUT2D eigenvalue weighted by molar-refractivity contribution is -0.00106. The van der Waals surface area contributed by atoms with Gasteiger partial charge in [0.25, 0.3) is 0 Å². The van der Waals surface area contributed by atoms with Crippen LogP contribution in [-0.2, 0) is 6.54 Å². The summed E-state index contributed by atoms with van der Waals surface area (Å²) in [5.74, 6) is 2.32. The summed E-state index contributed by atoms with van der Waals surface area (Å²) in [6, 6.07) is 21.5. The first-order valence-electron chi connectivity index (χ1n) is 9.55. The van der Waals surface area contributed by atoms with Crippen molar-refractivity contribution in [3.05, 3.63) is 66.7 Å². The Kier molecular flexibility index (Phi) is 5.07. The van der Waals surface area contributed by atoms with Crippen LogP contribution in [0.5, 0.6) is 17.2 Å². The summed E-state index contributed by atoms with van der Waals surface area (Å²) in [5, 5.41) is 13.2. The van der Waals surface area contributed by atoms with Gasteiger partial charge in [0.1, 0.15) is 29.5 Å². The van der Waals surface area contributed by atoms with E-state index in [0.717, 1.165) is 39.1 Å². The van der Waals surface area contributed by atoms with Crippen molar-refractivity contribution < 1.29 is 19.3 Å². The van der Waals surface area contributed by atoms with Gasteiger partial charge in [0.2, 0.25) is 0 Å². The Balaban J connectivity index is 1.73. The zero-order chi connectivity index (χ0) is 20.4. The number of aromatic nitrogens is 1. The Morgan fingerprint density at radius 3 is 1.86 bits per heavy atom. The van der Waals surface area contributed by atoms with E-state index in [4.69, 9.17) is 14.2 Å². The largest absolute Gasteiger partial charge is 0.497 e. The minimum atomic E-state index is -1.06. The second-order valence-corrected chi connectivity index (χ2v) is 7.45. The van der Waals surface area contributed by atoms with Crippen LogP contribution in [0.4, 0.5) is 0 Å². The van der Waals surface area contributed by atoms with Crippen molar-refractivity contribution in [2.45, 2.75) is 19.1 Å². The molecule has 4 aromatic rings. The molecule has 29 heavy (non-hydrogen) atoms. The number of fused-ring (bicyclic) bond motifs is 3. The number of rotatable bonds is 7. The molecule has 0 aliphatic rings. The van der Waals surface area contributed by atoms with Crippen molar-refractivity contribution in [1.82, 2.24) is 4.57 Å². The number of aliphatic hydroxyl groups is 1. The lowest BCUT2D eigenvalue weighted by atomic mass is 10.1. The van der Waals surface area contributed by atoms with E-state index in [1.165, 1.54) is 0 Å². The molecular formula is C24H25NO4. The number of methoxy groups -OCH3 is 2. The van der Waals surface area contributed by atoms with Crippen molar-refractivity contribution in [3.63, 3.8) is 0 Å². The van der Waals surface area contributed by atoms with Gasteiger partial charge >= 0.3 is 0 Å². The Morgan fingerprint density at radius 1 is 0.793 bits per heavy atom. The zero-order valence-electron chi connectivity index (χ0n) is 16.9. The average Bonchev–Trinajstić information content (AvgIpc) is 3.04. The predicted molar refractivity (Wildman–Crippen MR) is 115 cm³/mol. The van der Waals surface area contributed by atoms with Gasteiger partial charge in [-0.1, -0.05) is 18.2 Å². The van der Waals surface area contributed by atoms with Crippen molar-refractivity contribution in [3.8, 4) is 17.2 Å². The quantitative estimate of drug-likeness (QED) is 0.499. The number of benzene rings is 3. The molecule has 0 aliphatic heterocycles. The molecule has 3 aromatic carbocycles. The molecular weight excluding hydrogens is 366 g/mol. The van der Waals surface area contributed by atoms with Crippen molar-refractivity contribution in [2.75, 3.05) is 20.8 Å². The van der Waals surface area contributed by atoms with Gasteiger partial charge < -0.3 is 23.9 Å². The SMILES string of the molecule is COc1ccc2c(c1)c1cc(OC)ccc1n2CC(C)(O)COc1ccccc1. The molecule has 0 spiro atoms. The van der Waals surface area contributed by atoms with Gasteiger partial charge in [-0.2, -0.15) is 0 Å². The fourth-order valence-electron chi connectivity index (χ4n) is 3.63. The normalized spacial score (nSPS) is 13.4. The second-order valence-electron chi connectivity index (χ2n) is 7.45. The molecule has 0 amide bonds. The summed E-state index contributed by atoms with van der Waals surface area (Å²) < 4.78 is 18.8. The third-order valence-electron chi connectivity index (χ3n) is 5.07. The van der Waals surface area contributed by atoms with E-state index >= 15 is 0 Å². The van der Waals surface area contributed by atoms with Crippen LogP contribution >= 0.6 is 0 Å². The molecule has 1 N–H and O–H groups in total. The Morgan fingerprint density at radius 2 is 1.34 bits per heavy atom. The summed E-state index contributed by atoms with van der Waals surface area (Å²) in [6.07, 6.45) is 0. The Hall–Kier alpha value is -3.18. The molecule has 0 radical (unpaired) electrons. The van der Waals surface area contributed by atoms with Crippen LogP contribution in [0.3, 0.4) is 0 Å². The highest BCUT2D eigenvalue weighted by atomic mass is 16.5. The average molecular weight is 391 g/mol. The summed E-state index contributed by atoms with van der Waals surface area (Å²) in [6.45, 7) is 2.36.